The Morgan fingerprint density at radius 1 is 1.24 bits per heavy atom. The third kappa shape index (κ3) is 6.15. The Morgan fingerprint density at radius 2 is 1.90 bits per heavy atom. The lowest BCUT2D eigenvalue weighted by atomic mass is 10.0. The quantitative estimate of drug-likeness (QED) is 0.630. The number of aldehydes is 1. The maximum Gasteiger partial charge on any atom is 0.162 e. The smallest absolute Gasteiger partial charge is 0.162 e. The minimum atomic E-state index is -1.11. The normalized spacial score (nSPS) is 12.9. The molecule has 0 fully saturated rings. The van der Waals surface area contributed by atoms with Crippen molar-refractivity contribution in [3.05, 3.63) is 53.2 Å². The summed E-state index contributed by atoms with van der Waals surface area (Å²) < 4.78 is 28.3. The molecular formula is C22H27F2N3O2. The Kier molecular flexibility index (Phi) is 7.56. The number of carbonyl (C=O) groups excluding carboxylic acids is 1. The molecular weight excluding hydrogens is 376 g/mol. The lowest BCUT2D eigenvalue weighted by Crippen LogP contribution is -2.21. The van der Waals surface area contributed by atoms with Gasteiger partial charge in [-0.25, -0.2) is 18.7 Å². The van der Waals surface area contributed by atoms with E-state index in [0.717, 1.165) is 12.5 Å². The Balaban J connectivity index is 2.32. The van der Waals surface area contributed by atoms with Crippen molar-refractivity contribution >= 4 is 12.4 Å². The number of nitrogens with zero attached hydrogens (tertiary/aromatic N) is 3. The summed E-state index contributed by atoms with van der Waals surface area (Å²) in [6, 6.07) is 2.62. The zero-order chi connectivity index (χ0) is 21.6. The van der Waals surface area contributed by atoms with E-state index in [4.69, 9.17) is 0 Å². The summed E-state index contributed by atoms with van der Waals surface area (Å²) in [5, 5.41) is 10.0. The Hall–Kier alpha value is -2.67. The van der Waals surface area contributed by atoms with Gasteiger partial charge >= 0.3 is 0 Å². The molecule has 156 valence electrons. The highest BCUT2D eigenvalue weighted by molar-refractivity contribution is 5.84. The van der Waals surface area contributed by atoms with Crippen molar-refractivity contribution in [2.75, 3.05) is 13.6 Å². The molecule has 0 aliphatic heterocycles. The van der Waals surface area contributed by atoms with Gasteiger partial charge in [-0.05, 0) is 50.2 Å². The predicted octanol–water partition coefficient (Wildman–Crippen LogP) is 4.36. The van der Waals surface area contributed by atoms with Gasteiger partial charge in [-0.3, -0.25) is 4.79 Å². The van der Waals surface area contributed by atoms with Gasteiger partial charge < -0.3 is 10.0 Å². The van der Waals surface area contributed by atoms with Gasteiger partial charge in [-0.15, -0.1) is 0 Å². The van der Waals surface area contributed by atoms with Gasteiger partial charge in [0.1, 0.15) is 12.0 Å². The van der Waals surface area contributed by atoms with Crippen LogP contribution < -0.4 is 0 Å². The molecule has 1 atom stereocenters. The van der Waals surface area contributed by atoms with Crippen LogP contribution in [0.1, 0.15) is 55.1 Å². The Morgan fingerprint density at radius 3 is 2.45 bits per heavy atom. The number of alkyl halides is 1. The second kappa shape index (κ2) is 9.69. The van der Waals surface area contributed by atoms with Crippen LogP contribution in [0, 0.1) is 5.82 Å². The van der Waals surface area contributed by atoms with Crippen LogP contribution >= 0.6 is 0 Å². The maximum absolute atomic E-state index is 14.5. The third-order valence-electron chi connectivity index (χ3n) is 4.50. The molecule has 7 heteroatoms. The minimum absolute atomic E-state index is 0.134. The van der Waals surface area contributed by atoms with Gasteiger partial charge in [0, 0.05) is 37.1 Å². The van der Waals surface area contributed by atoms with Crippen LogP contribution in [0.4, 0.5) is 8.78 Å². The summed E-state index contributed by atoms with van der Waals surface area (Å²) in [5.41, 5.74) is 0.178. The minimum Gasteiger partial charge on any atom is -0.386 e. The second-order valence-electron chi connectivity index (χ2n) is 7.57. The first-order chi connectivity index (χ1) is 13.7. The first kappa shape index (κ1) is 22.6. The highest BCUT2D eigenvalue weighted by Gasteiger charge is 2.18. The zero-order valence-electron chi connectivity index (χ0n) is 17.2. The molecule has 0 amide bonds. The molecule has 0 saturated carbocycles. The third-order valence-corrected chi connectivity index (χ3v) is 4.50. The van der Waals surface area contributed by atoms with Crippen LogP contribution in [0.5, 0.6) is 0 Å². The molecule has 5 nitrogen and oxygen atoms in total. The summed E-state index contributed by atoms with van der Waals surface area (Å²) in [7, 11) is 1.74. The fourth-order valence-corrected chi connectivity index (χ4v) is 2.79. The molecule has 29 heavy (non-hydrogen) atoms. The van der Waals surface area contributed by atoms with E-state index in [2.05, 4.69) is 9.97 Å². The van der Waals surface area contributed by atoms with Crippen molar-refractivity contribution in [2.45, 2.75) is 45.4 Å². The van der Waals surface area contributed by atoms with Crippen LogP contribution in [0.2, 0.25) is 0 Å². The average Bonchev–Trinajstić information content (AvgIpc) is 2.66. The van der Waals surface area contributed by atoms with Crippen molar-refractivity contribution in [3.8, 4) is 11.4 Å². The van der Waals surface area contributed by atoms with Gasteiger partial charge in [0.15, 0.2) is 12.1 Å². The van der Waals surface area contributed by atoms with E-state index in [1.165, 1.54) is 18.5 Å². The van der Waals surface area contributed by atoms with E-state index in [9.17, 15) is 18.7 Å². The highest BCUT2D eigenvalue weighted by atomic mass is 19.1. The highest BCUT2D eigenvalue weighted by Crippen LogP contribution is 2.25. The van der Waals surface area contributed by atoms with Crippen LogP contribution in [0.15, 0.2) is 30.7 Å². The monoisotopic (exact) mass is 403 g/mol. The van der Waals surface area contributed by atoms with Crippen LogP contribution in [0.3, 0.4) is 0 Å². The molecule has 0 aliphatic rings. The molecule has 0 saturated heterocycles. The van der Waals surface area contributed by atoms with Crippen LogP contribution in [-0.2, 0) is 5.60 Å². The first-order valence-electron chi connectivity index (χ1n) is 9.52. The molecule has 1 aromatic carbocycles. The van der Waals surface area contributed by atoms with E-state index in [1.54, 1.807) is 38.1 Å². The first-order valence-corrected chi connectivity index (χ1v) is 9.52. The number of benzene rings is 1. The Bertz CT molecular complexity index is 862. The molecule has 1 N–H and O–H groups in total. The van der Waals surface area contributed by atoms with Crippen LogP contribution in [-0.4, -0.2) is 46.0 Å². The van der Waals surface area contributed by atoms with Crippen molar-refractivity contribution in [1.29, 1.82) is 0 Å². The van der Waals surface area contributed by atoms with Crippen molar-refractivity contribution in [1.82, 2.24) is 14.9 Å². The molecule has 1 heterocycles. The second-order valence-corrected chi connectivity index (χ2v) is 7.57. The van der Waals surface area contributed by atoms with Crippen LogP contribution in [0.25, 0.3) is 17.5 Å². The number of carbonyl (C=O) groups is 1. The summed E-state index contributed by atoms with van der Waals surface area (Å²) >= 11 is 0. The molecule has 2 aromatic rings. The van der Waals surface area contributed by atoms with Gasteiger partial charge in [-0.2, -0.15) is 0 Å². The topological polar surface area (TPSA) is 66.3 Å². The Labute approximate surface area is 170 Å². The molecule has 1 aromatic heterocycles. The van der Waals surface area contributed by atoms with E-state index >= 15 is 0 Å². The summed E-state index contributed by atoms with van der Waals surface area (Å²) in [6.07, 6.45) is 7.05. The van der Waals surface area contributed by atoms with E-state index in [1.807, 2.05) is 6.92 Å². The average molecular weight is 403 g/mol. The number of rotatable bonds is 9. The zero-order valence-corrected chi connectivity index (χ0v) is 17.2. The largest absolute Gasteiger partial charge is 0.386 e. The summed E-state index contributed by atoms with van der Waals surface area (Å²) in [4.78, 5) is 21.3. The van der Waals surface area contributed by atoms with Gasteiger partial charge in [-0.1, -0.05) is 13.3 Å². The van der Waals surface area contributed by atoms with E-state index in [-0.39, 0.29) is 23.5 Å². The number of hydrogen-bond acceptors (Lipinski definition) is 5. The van der Waals surface area contributed by atoms with Crippen molar-refractivity contribution in [2.24, 2.45) is 0 Å². The summed E-state index contributed by atoms with van der Waals surface area (Å²) in [5.74, 6) is -0.483. The summed E-state index contributed by atoms with van der Waals surface area (Å²) in [6.45, 7) is 5.37. The molecule has 1 unspecified atom stereocenters. The predicted molar refractivity (Wildman–Crippen MR) is 110 cm³/mol. The van der Waals surface area contributed by atoms with Gasteiger partial charge in [0.2, 0.25) is 0 Å². The fourth-order valence-electron chi connectivity index (χ4n) is 2.79. The number of aromatic nitrogens is 2. The fraction of sp³-hybridized carbons (Fsp3) is 0.409. The molecule has 0 bridgehead atoms. The van der Waals surface area contributed by atoms with Crippen molar-refractivity contribution < 1.29 is 18.7 Å². The van der Waals surface area contributed by atoms with E-state index < -0.39 is 17.6 Å². The lowest BCUT2D eigenvalue weighted by molar-refractivity contribution is 0.0778. The van der Waals surface area contributed by atoms with Crippen molar-refractivity contribution in [3.63, 3.8) is 0 Å². The SMILES string of the molecule is CCCC(F)CN(C)/C=C\c1cc(-c2ncc(C(C)(C)O)cn2)c(F)cc1C=O. The number of halogens is 2. The standard InChI is InChI=1S/C22H27F2N3O2/c1-5-6-18(23)13-27(4)8-7-15-9-19(20(24)10-16(15)14-28)21-25-11-17(12-26-21)22(2,3)29/h7-12,14,18,29H,5-6,13H2,1-4H3/b8-7-. The molecule has 0 aliphatic carbocycles. The number of aliphatic hydroxyl groups is 1. The lowest BCUT2D eigenvalue weighted by Gasteiger charge is -2.17. The van der Waals surface area contributed by atoms with Gasteiger partial charge in [0.25, 0.3) is 0 Å². The molecule has 0 radical (unpaired) electrons. The van der Waals surface area contributed by atoms with Gasteiger partial charge in [0.05, 0.1) is 11.2 Å². The number of hydrogen-bond donors (Lipinski definition) is 1. The molecule has 2 rings (SSSR count). The van der Waals surface area contributed by atoms with E-state index in [0.29, 0.717) is 23.8 Å². The molecule has 0 spiro atoms. The maximum atomic E-state index is 14.5.